The van der Waals surface area contributed by atoms with Gasteiger partial charge in [0.05, 0.1) is 24.6 Å². The number of esters is 1. The summed E-state index contributed by atoms with van der Waals surface area (Å²) in [6, 6.07) is 3.42. The number of hydrogen-bond donors (Lipinski definition) is 2. The number of aromatic nitrogens is 5. The van der Waals surface area contributed by atoms with Crippen molar-refractivity contribution in [3.8, 4) is 5.82 Å². The van der Waals surface area contributed by atoms with E-state index in [9.17, 15) is 9.59 Å². The van der Waals surface area contributed by atoms with Crippen LogP contribution in [0, 0.1) is 6.92 Å². The molecule has 0 aromatic carbocycles. The SMILES string of the molecule is CCc1[nH]c(C(=O)Nc2ccc(-n3cncn3)nc2)c(C)c1C(=O)OC. The van der Waals surface area contributed by atoms with Gasteiger partial charge in [0.25, 0.3) is 5.91 Å². The van der Waals surface area contributed by atoms with Crippen LogP contribution in [0.4, 0.5) is 5.69 Å². The van der Waals surface area contributed by atoms with Crippen LogP contribution in [-0.2, 0) is 11.2 Å². The van der Waals surface area contributed by atoms with E-state index in [0.29, 0.717) is 40.4 Å². The maximum Gasteiger partial charge on any atom is 0.339 e. The Morgan fingerprint density at radius 1 is 1.35 bits per heavy atom. The van der Waals surface area contributed by atoms with Gasteiger partial charge in [-0.2, -0.15) is 5.10 Å². The van der Waals surface area contributed by atoms with Gasteiger partial charge in [-0.25, -0.2) is 19.4 Å². The van der Waals surface area contributed by atoms with Crippen molar-refractivity contribution < 1.29 is 14.3 Å². The van der Waals surface area contributed by atoms with Crippen LogP contribution in [0.15, 0.2) is 31.0 Å². The van der Waals surface area contributed by atoms with Crippen molar-refractivity contribution in [2.75, 3.05) is 12.4 Å². The van der Waals surface area contributed by atoms with Crippen LogP contribution in [0.25, 0.3) is 5.82 Å². The fourth-order valence-electron chi connectivity index (χ4n) is 2.64. The fourth-order valence-corrected chi connectivity index (χ4v) is 2.64. The lowest BCUT2D eigenvalue weighted by molar-refractivity contribution is 0.0599. The minimum Gasteiger partial charge on any atom is -0.465 e. The molecular weight excluding hydrogens is 336 g/mol. The first-order valence-corrected chi connectivity index (χ1v) is 7.97. The number of anilines is 1. The van der Waals surface area contributed by atoms with Gasteiger partial charge in [0.2, 0.25) is 0 Å². The van der Waals surface area contributed by atoms with Crippen molar-refractivity contribution >= 4 is 17.6 Å². The Hall–Kier alpha value is -3.49. The summed E-state index contributed by atoms with van der Waals surface area (Å²) in [4.78, 5) is 35.7. The van der Waals surface area contributed by atoms with Crippen molar-refractivity contribution in [3.05, 3.63) is 53.5 Å². The molecule has 3 aromatic heterocycles. The molecule has 0 fully saturated rings. The molecule has 0 aliphatic carbocycles. The van der Waals surface area contributed by atoms with Gasteiger partial charge in [0.1, 0.15) is 18.3 Å². The minimum absolute atomic E-state index is 0.322. The lowest BCUT2D eigenvalue weighted by Gasteiger charge is -2.06. The topological polar surface area (TPSA) is 115 Å². The van der Waals surface area contributed by atoms with E-state index in [1.807, 2.05) is 6.92 Å². The van der Waals surface area contributed by atoms with Crippen molar-refractivity contribution in [3.63, 3.8) is 0 Å². The number of methoxy groups -OCH3 is 1. The fraction of sp³-hybridized carbons (Fsp3) is 0.235. The second kappa shape index (κ2) is 7.18. The summed E-state index contributed by atoms with van der Waals surface area (Å²) in [6.07, 6.45) is 5.04. The predicted octanol–water partition coefficient (Wildman–Crippen LogP) is 1.90. The Balaban J connectivity index is 1.82. The third-order valence-electron chi connectivity index (χ3n) is 3.96. The number of nitrogens with one attached hydrogen (secondary N) is 2. The van der Waals surface area contributed by atoms with E-state index in [2.05, 4.69) is 25.4 Å². The van der Waals surface area contributed by atoms with Crippen LogP contribution in [-0.4, -0.2) is 43.7 Å². The molecule has 0 saturated heterocycles. The molecule has 0 spiro atoms. The first-order chi connectivity index (χ1) is 12.5. The summed E-state index contributed by atoms with van der Waals surface area (Å²) < 4.78 is 6.32. The third kappa shape index (κ3) is 3.18. The van der Waals surface area contributed by atoms with Crippen molar-refractivity contribution in [1.82, 2.24) is 24.7 Å². The highest BCUT2D eigenvalue weighted by Gasteiger charge is 2.23. The zero-order valence-corrected chi connectivity index (χ0v) is 14.6. The molecule has 3 rings (SSSR count). The highest BCUT2D eigenvalue weighted by Crippen LogP contribution is 2.21. The van der Waals surface area contributed by atoms with Crippen LogP contribution in [0.3, 0.4) is 0 Å². The summed E-state index contributed by atoms with van der Waals surface area (Å²) in [7, 11) is 1.32. The lowest BCUT2D eigenvalue weighted by Crippen LogP contribution is -2.14. The number of aryl methyl sites for hydroxylation is 1. The second-order valence-electron chi connectivity index (χ2n) is 5.52. The number of carbonyl (C=O) groups excluding carboxylic acids is 2. The lowest BCUT2D eigenvalue weighted by atomic mass is 10.1. The van der Waals surface area contributed by atoms with Gasteiger partial charge in [-0.3, -0.25) is 4.79 Å². The van der Waals surface area contributed by atoms with Gasteiger partial charge in [0, 0.05) is 5.69 Å². The highest BCUT2D eigenvalue weighted by atomic mass is 16.5. The van der Waals surface area contributed by atoms with E-state index in [0.717, 1.165) is 0 Å². The quantitative estimate of drug-likeness (QED) is 0.676. The molecule has 0 unspecified atom stereocenters. The Morgan fingerprint density at radius 3 is 2.73 bits per heavy atom. The number of rotatable bonds is 5. The van der Waals surface area contributed by atoms with E-state index in [4.69, 9.17) is 4.74 Å². The van der Waals surface area contributed by atoms with Crippen molar-refractivity contribution in [2.24, 2.45) is 0 Å². The maximum atomic E-state index is 12.6. The molecule has 26 heavy (non-hydrogen) atoms. The molecule has 0 atom stereocenters. The number of nitrogens with zero attached hydrogens (tertiary/aromatic N) is 4. The molecule has 0 aliphatic heterocycles. The van der Waals surface area contributed by atoms with Crippen LogP contribution in [0.1, 0.15) is 39.0 Å². The molecule has 2 N–H and O–H groups in total. The minimum atomic E-state index is -0.464. The van der Waals surface area contributed by atoms with Gasteiger partial charge < -0.3 is 15.0 Å². The number of hydrogen-bond acceptors (Lipinski definition) is 6. The van der Waals surface area contributed by atoms with Gasteiger partial charge in [-0.05, 0) is 31.0 Å². The predicted molar refractivity (Wildman–Crippen MR) is 93.4 cm³/mol. The molecule has 134 valence electrons. The van der Waals surface area contributed by atoms with Crippen LogP contribution < -0.4 is 5.32 Å². The number of pyridine rings is 1. The van der Waals surface area contributed by atoms with E-state index in [-0.39, 0.29) is 5.91 Å². The number of amides is 1. The van der Waals surface area contributed by atoms with Crippen molar-refractivity contribution in [2.45, 2.75) is 20.3 Å². The van der Waals surface area contributed by atoms with Crippen molar-refractivity contribution in [1.29, 1.82) is 0 Å². The number of carbonyl (C=O) groups is 2. The number of H-pyrrole nitrogens is 1. The van der Waals surface area contributed by atoms with Crippen LogP contribution in [0.5, 0.6) is 0 Å². The number of ether oxygens (including phenoxy) is 1. The molecule has 3 aromatic rings. The summed E-state index contributed by atoms with van der Waals surface area (Å²) in [5, 5.41) is 6.75. The van der Waals surface area contributed by atoms with E-state index in [1.54, 1.807) is 19.1 Å². The van der Waals surface area contributed by atoms with Gasteiger partial charge in [0.15, 0.2) is 5.82 Å². The molecule has 9 nitrogen and oxygen atoms in total. The van der Waals surface area contributed by atoms with Crippen LogP contribution >= 0.6 is 0 Å². The Labute approximate surface area is 149 Å². The van der Waals surface area contributed by atoms with E-state index < -0.39 is 5.97 Å². The Bertz CT molecular complexity index is 928. The first-order valence-electron chi connectivity index (χ1n) is 7.97. The average Bonchev–Trinajstić information content (AvgIpc) is 3.29. The summed E-state index contributed by atoms with van der Waals surface area (Å²) in [5.41, 5.74) is 2.46. The molecule has 9 heteroatoms. The molecule has 0 radical (unpaired) electrons. The van der Waals surface area contributed by atoms with E-state index in [1.165, 1.54) is 30.6 Å². The van der Waals surface area contributed by atoms with Gasteiger partial charge in [-0.1, -0.05) is 6.92 Å². The summed E-state index contributed by atoms with van der Waals surface area (Å²) >= 11 is 0. The Kier molecular flexibility index (Phi) is 4.78. The molecule has 0 bridgehead atoms. The standard InChI is InChI=1S/C17H18N6O3/c1-4-12-14(17(25)26-3)10(2)15(22-12)16(24)21-11-5-6-13(19-7-11)23-9-18-8-20-23/h5-9,22H,4H2,1-3H3,(H,21,24). The highest BCUT2D eigenvalue weighted by molar-refractivity contribution is 6.06. The monoisotopic (exact) mass is 354 g/mol. The molecule has 1 amide bonds. The zero-order chi connectivity index (χ0) is 18.7. The first kappa shape index (κ1) is 17.3. The van der Waals surface area contributed by atoms with Crippen LogP contribution in [0.2, 0.25) is 0 Å². The Morgan fingerprint density at radius 2 is 2.15 bits per heavy atom. The third-order valence-corrected chi connectivity index (χ3v) is 3.96. The molecule has 3 heterocycles. The summed E-state index contributed by atoms with van der Waals surface area (Å²) in [5.74, 6) is -0.242. The average molecular weight is 354 g/mol. The second-order valence-corrected chi connectivity index (χ2v) is 5.52. The number of aromatic amines is 1. The normalized spacial score (nSPS) is 10.6. The maximum absolute atomic E-state index is 12.6. The largest absolute Gasteiger partial charge is 0.465 e. The van der Waals surface area contributed by atoms with Gasteiger partial charge >= 0.3 is 5.97 Å². The zero-order valence-electron chi connectivity index (χ0n) is 14.6. The molecular formula is C17H18N6O3. The molecule has 0 saturated carbocycles. The summed E-state index contributed by atoms with van der Waals surface area (Å²) in [6.45, 7) is 3.61. The van der Waals surface area contributed by atoms with Gasteiger partial charge in [-0.15, -0.1) is 0 Å². The smallest absolute Gasteiger partial charge is 0.339 e. The molecule has 0 aliphatic rings. The van der Waals surface area contributed by atoms with E-state index >= 15 is 0 Å².